The summed E-state index contributed by atoms with van der Waals surface area (Å²) in [6, 6.07) is 23.0. The molecule has 0 radical (unpaired) electrons. The number of urea groups is 1. The van der Waals surface area contributed by atoms with Crippen molar-refractivity contribution in [1.29, 1.82) is 0 Å². The molecule has 1 aliphatic rings. The zero-order valence-electron chi connectivity index (χ0n) is 26.4. The summed E-state index contributed by atoms with van der Waals surface area (Å²) in [6.07, 6.45) is 5.05. The number of hydrogen-bond donors (Lipinski definition) is 3. The molecule has 2 aromatic heterocycles. The maximum absolute atomic E-state index is 14.3. The number of aromatic amines is 1. The molecule has 6 rings (SSSR count). The summed E-state index contributed by atoms with van der Waals surface area (Å²) in [6.45, 7) is 3.75. The number of carbonyl (C=O) groups excluding carboxylic acids is 2. The van der Waals surface area contributed by atoms with Gasteiger partial charge in [0, 0.05) is 48.2 Å². The fraction of sp³-hybridized carbons (Fsp3) is 0.297. The van der Waals surface area contributed by atoms with E-state index < -0.39 is 6.04 Å². The smallest absolute Gasteiger partial charge is 0.318 e. The number of piperidine rings is 1. The monoisotopic (exact) mass is 621 g/mol. The largest absolute Gasteiger partial charge is 0.464 e. The van der Waals surface area contributed by atoms with E-state index in [1.807, 2.05) is 93.9 Å². The van der Waals surface area contributed by atoms with Gasteiger partial charge in [0.15, 0.2) is 0 Å². The lowest BCUT2D eigenvalue weighted by Crippen LogP contribution is -2.53. The normalized spacial score (nSPS) is 15.2. The fourth-order valence-electron chi connectivity index (χ4n) is 6.46. The molecule has 1 fully saturated rings. The predicted octanol–water partition coefficient (Wildman–Crippen LogP) is 7.33. The van der Waals surface area contributed by atoms with Crippen molar-refractivity contribution in [3.8, 4) is 11.3 Å². The minimum Gasteiger partial charge on any atom is -0.464 e. The van der Waals surface area contributed by atoms with Gasteiger partial charge in [0.25, 0.3) is 0 Å². The molecular weight excluding hydrogens is 581 g/mol. The number of amides is 3. The van der Waals surface area contributed by atoms with Crippen LogP contribution in [0.25, 0.3) is 22.2 Å². The number of H-pyrrole nitrogens is 1. The number of fused-ring (bicyclic) bond motifs is 1. The highest BCUT2D eigenvalue weighted by molar-refractivity contribution is 6.01. The quantitative estimate of drug-likeness (QED) is 0.161. The number of halogens is 1. The number of nitrogens with zero attached hydrogens (tertiary/aromatic N) is 2. The lowest BCUT2D eigenvalue weighted by atomic mass is 9.89. The Morgan fingerprint density at radius 1 is 1.02 bits per heavy atom. The van der Waals surface area contributed by atoms with Gasteiger partial charge < -0.3 is 29.8 Å². The Morgan fingerprint density at radius 2 is 1.78 bits per heavy atom. The number of rotatable bonds is 9. The van der Waals surface area contributed by atoms with Crippen LogP contribution in [-0.2, 0) is 11.3 Å². The summed E-state index contributed by atoms with van der Waals surface area (Å²) in [5.74, 6) is -0.0322. The minimum absolute atomic E-state index is 0.253. The number of likely N-dealkylation sites (tertiary alicyclic amines) is 1. The summed E-state index contributed by atoms with van der Waals surface area (Å²) in [7, 11) is 3.99. The molecule has 238 valence electrons. The van der Waals surface area contributed by atoms with Gasteiger partial charge in [0.05, 0.1) is 12.0 Å². The fourth-order valence-corrected chi connectivity index (χ4v) is 6.46. The molecular formula is C37H40FN5O3. The van der Waals surface area contributed by atoms with Crippen LogP contribution in [0.15, 0.2) is 95.7 Å². The van der Waals surface area contributed by atoms with Gasteiger partial charge in [-0.3, -0.25) is 4.79 Å². The summed E-state index contributed by atoms with van der Waals surface area (Å²) in [4.78, 5) is 35.2. The van der Waals surface area contributed by atoms with Crippen molar-refractivity contribution in [1.82, 2.24) is 20.1 Å². The Labute approximate surface area is 268 Å². The molecule has 0 spiro atoms. The number of aromatic nitrogens is 1. The number of para-hydroxylation sites is 1. The van der Waals surface area contributed by atoms with Crippen molar-refractivity contribution in [2.24, 2.45) is 0 Å². The second kappa shape index (κ2) is 13.6. The second-order valence-corrected chi connectivity index (χ2v) is 12.4. The maximum atomic E-state index is 14.3. The SMILES string of the molecule is C[C@@H](c1c[nH]c2ccccc12)[C@@H](NC(=O)N1CCC(c2ccc(F)cc2)CC1)C(=O)Nc1cc(CN(C)C)ccc1-c1ccco1. The molecule has 8 nitrogen and oxygen atoms in total. The van der Waals surface area contributed by atoms with Crippen molar-refractivity contribution in [3.05, 3.63) is 114 Å². The van der Waals surface area contributed by atoms with Gasteiger partial charge >= 0.3 is 6.03 Å². The van der Waals surface area contributed by atoms with Crippen LogP contribution in [0.3, 0.4) is 0 Å². The summed E-state index contributed by atoms with van der Waals surface area (Å²) < 4.78 is 19.2. The van der Waals surface area contributed by atoms with E-state index in [4.69, 9.17) is 4.42 Å². The number of anilines is 1. The van der Waals surface area contributed by atoms with E-state index in [1.54, 1.807) is 11.2 Å². The maximum Gasteiger partial charge on any atom is 0.318 e. The first-order valence-electron chi connectivity index (χ1n) is 15.8. The minimum atomic E-state index is -0.872. The van der Waals surface area contributed by atoms with Gasteiger partial charge in [-0.1, -0.05) is 43.3 Å². The third kappa shape index (κ3) is 6.84. The number of hydrogen-bond acceptors (Lipinski definition) is 4. The van der Waals surface area contributed by atoms with Crippen molar-refractivity contribution >= 4 is 28.5 Å². The summed E-state index contributed by atoms with van der Waals surface area (Å²) in [5, 5.41) is 7.26. The number of furan rings is 1. The average molecular weight is 622 g/mol. The summed E-state index contributed by atoms with van der Waals surface area (Å²) in [5.41, 5.74) is 5.40. The Bertz CT molecular complexity index is 1790. The first-order chi connectivity index (χ1) is 22.3. The van der Waals surface area contributed by atoms with Crippen LogP contribution in [0.2, 0.25) is 0 Å². The van der Waals surface area contributed by atoms with E-state index in [0.717, 1.165) is 46.0 Å². The standard InChI is InChI=1S/C37H40FN5O3/c1-24(31-22-39-32-8-5-4-7-29(31)32)35(41-37(45)43-18-16-27(17-19-43)26-11-13-28(38)14-12-26)36(44)40-33-21-25(23-42(2)3)10-15-30(33)34-9-6-20-46-34/h4-15,20-22,24,27,35,39H,16-19,23H2,1-3H3,(H,40,44)(H,41,45)/t24-,35+/m0/s1. The van der Waals surface area contributed by atoms with E-state index in [2.05, 4.69) is 20.5 Å². The predicted molar refractivity (Wildman–Crippen MR) is 179 cm³/mol. The van der Waals surface area contributed by atoms with Gasteiger partial charge in [0.2, 0.25) is 5.91 Å². The molecule has 3 N–H and O–H groups in total. The number of nitrogens with one attached hydrogen (secondary N) is 3. The second-order valence-electron chi connectivity index (χ2n) is 12.4. The Morgan fingerprint density at radius 3 is 2.50 bits per heavy atom. The third-order valence-corrected chi connectivity index (χ3v) is 8.92. The van der Waals surface area contributed by atoms with Gasteiger partial charge in [0.1, 0.15) is 17.6 Å². The van der Waals surface area contributed by atoms with E-state index in [-0.39, 0.29) is 29.6 Å². The molecule has 2 atom stereocenters. The molecule has 3 amide bonds. The third-order valence-electron chi connectivity index (χ3n) is 8.92. The molecule has 5 aromatic rings. The molecule has 3 heterocycles. The molecule has 0 aliphatic carbocycles. The number of carbonyl (C=O) groups is 2. The molecule has 1 saturated heterocycles. The zero-order valence-corrected chi connectivity index (χ0v) is 26.4. The van der Waals surface area contributed by atoms with Gasteiger partial charge in [-0.25, -0.2) is 9.18 Å². The van der Waals surface area contributed by atoms with Crippen LogP contribution >= 0.6 is 0 Å². The summed E-state index contributed by atoms with van der Waals surface area (Å²) >= 11 is 0. The molecule has 1 aliphatic heterocycles. The van der Waals surface area contributed by atoms with Crippen LogP contribution in [0.5, 0.6) is 0 Å². The Kier molecular flexibility index (Phi) is 9.21. The Hall–Kier alpha value is -4.89. The van der Waals surface area contributed by atoms with Crippen molar-refractivity contribution < 1.29 is 18.4 Å². The highest BCUT2D eigenvalue weighted by Crippen LogP contribution is 2.33. The first-order valence-corrected chi connectivity index (χ1v) is 15.8. The molecule has 0 saturated carbocycles. The lowest BCUT2D eigenvalue weighted by Gasteiger charge is -2.34. The number of benzene rings is 3. The van der Waals surface area contributed by atoms with E-state index in [9.17, 15) is 14.0 Å². The zero-order chi connectivity index (χ0) is 32.2. The lowest BCUT2D eigenvalue weighted by molar-refractivity contribution is -0.118. The highest BCUT2D eigenvalue weighted by atomic mass is 19.1. The van der Waals surface area contributed by atoms with E-state index in [0.29, 0.717) is 31.1 Å². The van der Waals surface area contributed by atoms with Crippen LogP contribution < -0.4 is 10.6 Å². The Balaban J connectivity index is 1.26. The van der Waals surface area contributed by atoms with Crippen molar-refractivity contribution in [2.75, 3.05) is 32.5 Å². The van der Waals surface area contributed by atoms with Crippen LogP contribution in [0.1, 0.15) is 48.3 Å². The molecule has 0 unspecified atom stereocenters. The molecule has 3 aromatic carbocycles. The van der Waals surface area contributed by atoms with Gasteiger partial charge in [-0.05, 0) is 92.0 Å². The highest BCUT2D eigenvalue weighted by Gasteiger charge is 2.33. The van der Waals surface area contributed by atoms with Gasteiger partial charge in [-0.15, -0.1) is 0 Å². The molecule has 9 heteroatoms. The van der Waals surface area contributed by atoms with Crippen molar-refractivity contribution in [2.45, 2.75) is 44.2 Å². The van der Waals surface area contributed by atoms with Crippen LogP contribution in [0, 0.1) is 5.82 Å². The average Bonchev–Trinajstić information content (AvgIpc) is 3.74. The first kappa shape index (κ1) is 31.1. The van der Waals surface area contributed by atoms with Crippen LogP contribution in [-0.4, -0.2) is 59.9 Å². The van der Waals surface area contributed by atoms with E-state index >= 15 is 0 Å². The topological polar surface area (TPSA) is 93.6 Å². The molecule has 0 bridgehead atoms. The van der Waals surface area contributed by atoms with Gasteiger partial charge in [-0.2, -0.15) is 0 Å². The molecule has 46 heavy (non-hydrogen) atoms. The van der Waals surface area contributed by atoms with Crippen LogP contribution in [0.4, 0.5) is 14.9 Å². The van der Waals surface area contributed by atoms with Crippen molar-refractivity contribution in [3.63, 3.8) is 0 Å². The van der Waals surface area contributed by atoms with E-state index in [1.165, 1.54) is 12.1 Å².